The summed E-state index contributed by atoms with van der Waals surface area (Å²) in [6.07, 6.45) is 1.28. The largest absolute Gasteiger partial charge is 0.298 e. The zero-order valence-electron chi connectivity index (χ0n) is 10.6. The number of benzene rings is 2. The Balaban J connectivity index is 2.51. The smallest absolute Gasteiger partial charge is 0.168 e. The van der Waals surface area contributed by atoms with Gasteiger partial charge in [-0.1, -0.05) is 35.3 Å². The van der Waals surface area contributed by atoms with Gasteiger partial charge in [0.2, 0.25) is 0 Å². The zero-order chi connectivity index (χ0) is 15.4. The molecule has 0 spiro atoms. The molecule has 2 aromatic rings. The van der Waals surface area contributed by atoms with Crippen LogP contribution in [-0.4, -0.2) is 12.6 Å². The van der Waals surface area contributed by atoms with Gasteiger partial charge in [0.1, 0.15) is 0 Å². The molecule has 0 radical (unpaired) electrons. The molecule has 0 fully saturated rings. The van der Waals surface area contributed by atoms with Crippen molar-refractivity contribution in [1.82, 2.24) is 0 Å². The van der Waals surface area contributed by atoms with E-state index in [1.807, 2.05) is 0 Å². The van der Waals surface area contributed by atoms with Gasteiger partial charge in [-0.05, 0) is 35.4 Å². The third-order valence-corrected chi connectivity index (χ3v) is 4.53. The lowest BCUT2D eigenvalue weighted by Crippen LogP contribution is -1.97. The first-order valence-corrected chi connectivity index (χ1v) is 7.56. The maximum absolute atomic E-state index is 11.5. The van der Waals surface area contributed by atoms with Crippen LogP contribution in [0.3, 0.4) is 0 Å². The van der Waals surface area contributed by atoms with Gasteiger partial charge in [0.05, 0.1) is 15.7 Å². The molecule has 21 heavy (non-hydrogen) atoms. The maximum Gasteiger partial charge on any atom is 0.168 e. The first-order chi connectivity index (χ1) is 10.1. The highest BCUT2D eigenvalue weighted by atomic mass is 35.5. The van der Waals surface area contributed by atoms with Crippen molar-refractivity contribution in [2.24, 2.45) is 0 Å². The Morgan fingerprint density at radius 1 is 0.857 bits per heavy atom. The zero-order valence-corrected chi connectivity index (χ0v) is 13.0. The minimum Gasteiger partial charge on any atom is -0.298 e. The first kappa shape index (κ1) is 15.8. The summed E-state index contributed by atoms with van der Waals surface area (Å²) in [4.78, 5) is 21.9. The van der Waals surface area contributed by atoms with Gasteiger partial charge in [-0.25, -0.2) is 0 Å². The predicted octanol–water partition coefficient (Wildman–Crippen LogP) is 5.00. The molecule has 3 nitrogen and oxygen atoms in total. The van der Waals surface area contributed by atoms with Crippen LogP contribution in [-0.2, 0) is 4.57 Å². The van der Waals surface area contributed by atoms with Crippen molar-refractivity contribution < 1.29 is 14.2 Å². The summed E-state index contributed by atoms with van der Waals surface area (Å²) in [6, 6.07) is 9.71. The van der Waals surface area contributed by atoms with Gasteiger partial charge in [0, 0.05) is 11.1 Å². The van der Waals surface area contributed by atoms with Crippen LogP contribution in [0.4, 0.5) is 0 Å². The lowest BCUT2D eigenvalue weighted by atomic mass is 10.0. The van der Waals surface area contributed by atoms with E-state index in [0.717, 1.165) is 0 Å². The Hall–Kier alpha value is -1.54. The molecule has 2 aromatic carbocycles. The summed E-state index contributed by atoms with van der Waals surface area (Å²) in [5.74, 6) is 0. The maximum atomic E-state index is 11.5. The van der Waals surface area contributed by atoms with E-state index in [1.54, 1.807) is 36.4 Å². The SMILES string of the molecule is O=Cc1cc(C(P=O)c2ccc(Cl)c(C=O)c2)ccc1Cl. The lowest BCUT2D eigenvalue weighted by Gasteiger charge is -2.12. The molecule has 0 aromatic heterocycles. The van der Waals surface area contributed by atoms with Crippen LogP contribution in [0.2, 0.25) is 10.0 Å². The Morgan fingerprint density at radius 2 is 1.29 bits per heavy atom. The fourth-order valence-corrected chi connectivity index (χ4v) is 2.85. The highest BCUT2D eigenvalue weighted by Crippen LogP contribution is 2.36. The average molecular weight is 339 g/mol. The third-order valence-electron chi connectivity index (χ3n) is 3.03. The number of hydrogen-bond donors (Lipinski definition) is 0. The van der Waals surface area contributed by atoms with Gasteiger partial charge in [0.25, 0.3) is 0 Å². The van der Waals surface area contributed by atoms with Gasteiger partial charge in [-0.3, -0.25) is 14.2 Å². The second-order valence-corrected chi connectivity index (χ2v) is 5.85. The van der Waals surface area contributed by atoms with Gasteiger partial charge >= 0.3 is 0 Å². The van der Waals surface area contributed by atoms with Crippen molar-refractivity contribution in [2.75, 3.05) is 0 Å². The van der Waals surface area contributed by atoms with Gasteiger partial charge in [0.15, 0.2) is 21.0 Å². The van der Waals surface area contributed by atoms with E-state index in [-0.39, 0.29) is 8.46 Å². The monoisotopic (exact) mass is 338 g/mol. The number of aldehydes is 2. The van der Waals surface area contributed by atoms with Gasteiger partial charge in [-0.2, -0.15) is 0 Å². The molecule has 0 heterocycles. The third kappa shape index (κ3) is 3.38. The van der Waals surface area contributed by atoms with E-state index in [0.29, 0.717) is 44.9 Å². The minimum atomic E-state index is -0.503. The quantitative estimate of drug-likeness (QED) is 0.569. The van der Waals surface area contributed by atoms with Gasteiger partial charge in [-0.15, -0.1) is 0 Å². The van der Waals surface area contributed by atoms with E-state index in [9.17, 15) is 14.2 Å². The topological polar surface area (TPSA) is 51.2 Å². The van der Waals surface area contributed by atoms with Crippen molar-refractivity contribution >= 4 is 44.2 Å². The number of hydrogen-bond acceptors (Lipinski definition) is 3. The molecule has 106 valence electrons. The molecule has 0 N–H and O–H groups in total. The molecule has 0 unspecified atom stereocenters. The lowest BCUT2D eigenvalue weighted by molar-refractivity contribution is 0.111. The number of carbonyl (C=O) groups is 2. The summed E-state index contributed by atoms with van der Waals surface area (Å²) >= 11 is 11.8. The van der Waals surface area contributed by atoms with Crippen molar-refractivity contribution in [3.63, 3.8) is 0 Å². The first-order valence-electron chi connectivity index (χ1n) is 5.92. The molecule has 0 aliphatic carbocycles. The Kier molecular flexibility index (Phi) is 5.24. The normalized spacial score (nSPS) is 10.8. The van der Waals surface area contributed by atoms with Crippen LogP contribution in [0.1, 0.15) is 37.5 Å². The highest BCUT2D eigenvalue weighted by Gasteiger charge is 2.17. The summed E-state index contributed by atoms with van der Waals surface area (Å²) < 4.78 is 11.5. The van der Waals surface area contributed by atoms with E-state index in [4.69, 9.17) is 23.2 Å². The molecule has 0 saturated heterocycles. The average Bonchev–Trinajstić information content (AvgIpc) is 2.51. The summed E-state index contributed by atoms with van der Waals surface area (Å²) in [7, 11) is -0.158. The molecule has 0 bridgehead atoms. The fourth-order valence-electron chi connectivity index (χ4n) is 1.96. The molecular formula is C15H9Cl2O3P. The van der Waals surface area contributed by atoms with Crippen molar-refractivity contribution in [3.8, 4) is 0 Å². The van der Waals surface area contributed by atoms with E-state index < -0.39 is 5.66 Å². The molecule has 0 atom stereocenters. The van der Waals surface area contributed by atoms with E-state index in [2.05, 4.69) is 0 Å². The number of carbonyl (C=O) groups excluding carboxylic acids is 2. The summed E-state index contributed by atoms with van der Waals surface area (Å²) in [5.41, 5.74) is 1.48. The number of rotatable bonds is 5. The van der Waals surface area contributed by atoms with Gasteiger partial charge < -0.3 is 0 Å². The predicted molar refractivity (Wildman–Crippen MR) is 83.1 cm³/mol. The molecule has 0 amide bonds. The second-order valence-electron chi connectivity index (χ2n) is 4.31. The van der Waals surface area contributed by atoms with Crippen LogP contribution < -0.4 is 0 Å². The molecule has 0 aliphatic rings. The number of halogens is 2. The molecule has 0 aliphatic heterocycles. The Morgan fingerprint density at radius 3 is 1.62 bits per heavy atom. The van der Waals surface area contributed by atoms with Crippen molar-refractivity contribution in [2.45, 2.75) is 5.66 Å². The fraction of sp³-hybridized carbons (Fsp3) is 0.0667. The minimum absolute atomic E-state index is 0.158. The van der Waals surface area contributed by atoms with Crippen LogP contribution in [0, 0.1) is 0 Å². The highest BCUT2D eigenvalue weighted by molar-refractivity contribution is 7.24. The molecule has 2 rings (SSSR count). The standard InChI is InChI=1S/C15H9Cl2O3P/c16-13-3-1-9(5-11(13)7-18)15(21-20)10-2-4-14(17)12(6-10)8-19/h1-8,15H. The molecular weight excluding hydrogens is 330 g/mol. The summed E-state index contributed by atoms with van der Waals surface area (Å²) in [6.45, 7) is 0. The van der Waals surface area contributed by atoms with Crippen LogP contribution >= 0.6 is 31.7 Å². The van der Waals surface area contributed by atoms with Crippen LogP contribution in [0.25, 0.3) is 0 Å². The van der Waals surface area contributed by atoms with Crippen molar-refractivity contribution in [3.05, 3.63) is 68.7 Å². The van der Waals surface area contributed by atoms with Crippen LogP contribution in [0.15, 0.2) is 36.4 Å². The van der Waals surface area contributed by atoms with Crippen LogP contribution in [0.5, 0.6) is 0 Å². The second kappa shape index (κ2) is 6.95. The molecule has 6 heteroatoms. The van der Waals surface area contributed by atoms with Crippen molar-refractivity contribution in [1.29, 1.82) is 0 Å². The Bertz CT molecular complexity index is 659. The molecule has 0 saturated carbocycles. The Labute approximate surface area is 133 Å². The summed E-state index contributed by atoms with van der Waals surface area (Å²) in [5, 5.41) is 0.666. The van der Waals surface area contributed by atoms with E-state index >= 15 is 0 Å². The van der Waals surface area contributed by atoms with E-state index in [1.165, 1.54) is 0 Å².